The van der Waals surface area contributed by atoms with Crippen LogP contribution in [0.1, 0.15) is 36.1 Å². The summed E-state index contributed by atoms with van der Waals surface area (Å²) in [7, 11) is 0. The fourth-order valence-electron chi connectivity index (χ4n) is 4.14. The smallest absolute Gasteiger partial charge is 0.164 e. The lowest BCUT2D eigenvalue weighted by atomic mass is 9.97. The van der Waals surface area contributed by atoms with E-state index >= 15 is 0 Å². The molecule has 6 nitrogen and oxygen atoms in total. The third-order valence-corrected chi connectivity index (χ3v) is 6.79. The van der Waals surface area contributed by atoms with Crippen LogP contribution in [0.2, 0.25) is 0 Å². The van der Waals surface area contributed by atoms with Gasteiger partial charge in [-0.3, -0.25) is 4.98 Å². The van der Waals surface area contributed by atoms with E-state index in [2.05, 4.69) is 10.3 Å². The Balaban J connectivity index is 1.38. The monoisotopic (exact) mass is 410 g/mol. The third-order valence-electron chi connectivity index (χ3n) is 5.60. The molecule has 1 aliphatic carbocycles. The first-order valence-electron chi connectivity index (χ1n) is 10.5. The second kappa shape index (κ2) is 8.73. The molecule has 1 saturated heterocycles. The number of nitrogens with one attached hydrogen (secondary N) is 1. The topological polar surface area (TPSA) is 69.2 Å². The molecule has 4 heterocycles. The molecule has 0 bridgehead atoms. The number of rotatable bonds is 7. The molecule has 0 aromatic carbocycles. The predicted molar refractivity (Wildman–Crippen MR) is 116 cm³/mol. The largest absolute Gasteiger partial charge is 0.377 e. The molecule has 1 unspecified atom stereocenters. The normalized spacial score (nSPS) is 18.8. The number of anilines is 1. The highest BCUT2D eigenvalue weighted by atomic mass is 32.1. The van der Waals surface area contributed by atoms with Gasteiger partial charge in [-0.05, 0) is 56.2 Å². The zero-order chi connectivity index (χ0) is 19.5. The molecular formula is C22H26N4O2S. The molecule has 29 heavy (non-hydrogen) atoms. The lowest BCUT2D eigenvalue weighted by Gasteiger charge is -2.14. The van der Waals surface area contributed by atoms with Gasteiger partial charge in [-0.2, -0.15) is 0 Å². The number of pyridine rings is 1. The van der Waals surface area contributed by atoms with Crippen molar-refractivity contribution in [3.63, 3.8) is 0 Å². The Labute approximate surface area is 174 Å². The van der Waals surface area contributed by atoms with Crippen LogP contribution in [0, 0.1) is 0 Å². The molecule has 1 aliphatic heterocycles. The van der Waals surface area contributed by atoms with Gasteiger partial charge in [0.25, 0.3) is 0 Å². The standard InChI is InChI=1S/C22H26N4O2S/c1-2-8-18-17(7-1)19-21(24-10-12-27-14-16-6-4-11-28-16)25-20(26-22(19)29-18)15-5-3-9-23-13-15/h3,5,9,13,16H,1-2,4,6-8,10-12,14H2,(H,24,25,26). The van der Waals surface area contributed by atoms with E-state index < -0.39 is 0 Å². The summed E-state index contributed by atoms with van der Waals surface area (Å²) in [4.78, 5) is 16.6. The Morgan fingerprint density at radius 1 is 1.21 bits per heavy atom. The maximum atomic E-state index is 5.82. The van der Waals surface area contributed by atoms with Crippen molar-refractivity contribution in [2.24, 2.45) is 0 Å². The van der Waals surface area contributed by atoms with Gasteiger partial charge in [0.2, 0.25) is 0 Å². The van der Waals surface area contributed by atoms with Crippen molar-refractivity contribution >= 4 is 27.4 Å². The first-order valence-corrected chi connectivity index (χ1v) is 11.4. The summed E-state index contributed by atoms with van der Waals surface area (Å²) in [5, 5.41) is 4.73. The van der Waals surface area contributed by atoms with Crippen LogP contribution < -0.4 is 5.32 Å². The van der Waals surface area contributed by atoms with Crippen molar-refractivity contribution in [3.05, 3.63) is 35.0 Å². The number of aryl methyl sites for hydroxylation is 2. The first-order chi connectivity index (χ1) is 14.4. The van der Waals surface area contributed by atoms with Crippen molar-refractivity contribution in [2.75, 3.05) is 31.7 Å². The number of thiophene rings is 1. The van der Waals surface area contributed by atoms with Gasteiger partial charge < -0.3 is 14.8 Å². The van der Waals surface area contributed by atoms with E-state index in [1.165, 1.54) is 28.7 Å². The molecule has 7 heteroatoms. The second-order valence-electron chi connectivity index (χ2n) is 7.67. The van der Waals surface area contributed by atoms with Gasteiger partial charge in [0.15, 0.2) is 5.82 Å². The van der Waals surface area contributed by atoms with E-state index in [1.807, 2.05) is 29.7 Å². The van der Waals surface area contributed by atoms with Crippen LogP contribution in [-0.2, 0) is 22.3 Å². The number of aromatic nitrogens is 3. The van der Waals surface area contributed by atoms with Crippen LogP contribution in [-0.4, -0.2) is 47.4 Å². The van der Waals surface area contributed by atoms with Crippen molar-refractivity contribution in [1.82, 2.24) is 15.0 Å². The minimum atomic E-state index is 0.266. The van der Waals surface area contributed by atoms with E-state index in [9.17, 15) is 0 Å². The number of hydrogen-bond acceptors (Lipinski definition) is 7. The minimum Gasteiger partial charge on any atom is -0.377 e. The Morgan fingerprint density at radius 2 is 2.17 bits per heavy atom. The maximum absolute atomic E-state index is 5.82. The summed E-state index contributed by atoms with van der Waals surface area (Å²) in [6.07, 6.45) is 10.9. The molecule has 3 aromatic rings. The molecular weight excluding hydrogens is 384 g/mol. The zero-order valence-corrected chi connectivity index (χ0v) is 17.3. The average molecular weight is 411 g/mol. The molecule has 0 amide bonds. The summed E-state index contributed by atoms with van der Waals surface area (Å²) >= 11 is 1.82. The van der Waals surface area contributed by atoms with Gasteiger partial charge in [-0.1, -0.05) is 0 Å². The van der Waals surface area contributed by atoms with Crippen LogP contribution >= 0.6 is 11.3 Å². The molecule has 2 aliphatic rings. The summed E-state index contributed by atoms with van der Waals surface area (Å²) in [6, 6.07) is 3.94. The molecule has 1 N–H and O–H groups in total. The van der Waals surface area contributed by atoms with Gasteiger partial charge in [0.1, 0.15) is 10.6 Å². The van der Waals surface area contributed by atoms with Gasteiger partial charge in [0.05, 0.1) is 24.7 Å². The second-order valence-corrected chi connectivity index (χ2v) is 8.75. The molecule has 1 atom stereocenters. The zero-order valence-electron chi connectivity index (χ0n) is 16.5. The maximum Gasteiger partial charge on any atom is 0.164 e. The molecule has 0 saturated carbocycles. The Morgan fingerprint density at radius 3 is 3.03 bits per heavy atom. The summed E-state index contributed by atoms with van der Waals surface area (Å²) in [6.45, 7) is 2.90. The SMILES string of the molecule is c1cncc(-c2nc(NCCOCC3CCCO3)c3c4c(sc3n2)CCCC4)c1. The van der Waals surface area contributed by atoms with Crippen molar-refractivity contribution in [2.45, 2.75) is 44.6 Å². The molecule has 152 valence electrons. The van der Waals surface area contributed by atoms with Crippen LogP contribution in [0.5, 0.6) is 0 Å². The lowest BCUT2D eigenvalue weighted by Crippen LogP contribution is -2.18. The Hall–Kier alpha value is -2.09. The highest BCUT2D eigenvalue weighted by Gasteiger charge is 2.21. The number of fused-ring (bicyclic) bond motifs is 3. The minimum absolute atomic E-state index is 0.266. The number of nitrogens with zero attached hydrogens (tertiary/aromatic N) is 3. The van der Waals surface area contributed by atoms with Crippen molar-refractivity contribution in [3.8, 4) is 11.4 Å². The Bertz CT molecular complexity index is 970. The van der Waals surface area contributed by atoms with Crippen LogP contribution in [0.15, 0.2) is 24.5 Å². The van der Waals surface area contributed by atoms with Crippen LogP contribution in [0.25, 0.3) is 21.6 Å². The average Bonchev–Trinajstić information content (AvgIpc) is 3.41. The fourth-order valence-corrected chi connectivity index (χ4v) is 5.40. The molecule has 1 fully saturated rings. The summed E-state index contributed by atoms with van der Waals surface area (Å²) in [5.41, 5.74) is 2.38. The van der Waals surface area contributed by atoms with Crippen molar-refractivity contribution < 1.29 is 9.47 Å². The third kappa shape index (κ3) is 4.13. The predicted octanol–water partition coefficient (Wildman–Crippen LogP) is 4.24. The van der Waals surface area contributed by atoms with Crippen LogP contribution in [0.4, 0.5) is 5.82 Å². The fraction of sp³-hybridized carbons (Fsp3) is 0.500. The van der Waals surface area contributed by atoms with E-state index in [-0.39, 0.29) is 6.10 Å². The Kier molecular flexibility index (Phi) is 5.69. The van der Waals surface area contributed by atoms with Gasteiger partial charge >= 0.3 is 0 Å². The number of hydrogen-bond donors (Lipinski definition) is 1. The molecule has 3 aromatic heterocycles. The van der Waals surface area contributed by atoms with Gasteiger partial charge in [0, 0.05) is 36.0 Å². The van der Waals surface area contributed by atoms with Crippen LogP contribution in [0.3, 0.4) is 0 Å². The van der Waals surface area contributed by atoms with Gasteiger partial charge in [-0.25, -0.2) is 9.97 Å². The molecule has 5 rings (SSSR count). The highest BCUT2D eigenvalue weighted by molar-refractivity contribution is 7.19. The van der Waals surface area contributed by atoms with Gasteiger partial charge in [-0.15, -0.1) is 11.3 Å². The molecule has 0 spiro atoms. The summed E-state index contributed by atoms with van der Waals surface area (Å²) < 4.78 is 11.4. The van der Waals surface area contributed by atoms with E-state index in [0.29, 0.717) is 13.2 Å². The quantitative estimate of drug-likeness (QED) is 0.588. The molecule has 0 radical (unpaired) electrons. The van der Waals surface area contributed by atoms with E-state index in [1.54, 1.807) is 6.20 Å². The highest BCUT2D eigenvalue weighted by Crippen LogP contribution is 2.39. The van der Waals surface area contributed by atoms with E-state index in [4.69, 9.17) is 19.4 Å². The van der Waals surface area contributed by atoms with E-state index in [0.717, 1.165) is 60.9 Å². The van der Waals surface area contributed by atoms with Crippen molar-refractivity contribution in [1.29, 1.82) is 0 Å². The first kappa shape index (κ1) is 18.9. The lowest BCUT2D eigenvalue weighted by molar-refractivity contribution is 0.0206. The summed E-state index contributed by atoms with van der Waals surface area (Å²) in [5.74, 6) is 1.65. The number of ether oxygens (including phenoxy) is 2.